The highest BCUT2D eigenvalue weighted by Crippen LogP contribution is 2.04. The Labute approximate surface area is 101 Å². The van der Waals surface area contributed by atoms with Gasteiger partial charge in [-0.05, 0) is 13.3 Å². The third-order valence-electron chi connectivity index (χ3n) is 3.01. The van der Waals surface area contributed by atoms with Crippen molar-refractivity contribution in [3.05, 3.63) is 18.2 Å². The van der Waals surface area contributed by atoms with Gasteiger partial charge in [-0.2, -0.15) is 0 Å². The lowest BCUT2D eigenvalue weighted by Gasteiger charge is -2.26. The molecule has 0 N–H and O–H groups in total. The minimum absolute atomic E-state index is 0.232. The molecule has 0 bridgehead atoms. The zero-order chi connectivity index (χ0) is 12.1. The second-order valence-corrected chi connectivity index (χ2v) is 4.21. The molecule has 1 aromatic rings. The molecule has 0 atom stereocenters. The molecule has 1 aliphatic rings. The summed E-state index contributed by atoms with van der Waals surface area (Å²) in [6.07, 6.45) is 6.07. The first kappa shape index (κ1) is 12.1. The molecule has 1 aliphatic heterocycles. The maximum absolute atomic E-state index is 11.8. The van der Waals surface area contributed by atoms with Crippen LogP contribution in [-0.2, 0) is 16.1 Å². The smallest absolute Gasteiger partial charge is 0.222 e. The van der Waals surface area contributed by atoms with Crippen molar-refractivity contribution in [2.24, 2.45) is 0 Å². The Morgan fingerprint density at radius 1 is 1.53 bits per heavy atom. The molecule has 0 spiro atoms. The summed E-state index contributed by atoms with van der Waals surface area (Å²) < 4.78 is 7.24. The number of morpholine rings is 1. The zero-order valence-corrected chi connectivity index (χ0v) is 10.2. The van der Waals surface area contributed by atoms with E-state index in [1.54, 1.807) is 0 Å². The van der Waals surface area contributed by atoms with Crippen molar-refractivity contribution in [3.63, 3.8) is 0 Å². The lowest BCUT2D eigenvalue weighted by atomic mass is 10.2. The van der Waals surface area contributed by atoms with E-state index in [1.165, 1.54) is 0 Å². The van der Waals surface area contributed by atoms with Crippen LogP contribution in [0.1, 0.15) is 18.7 Å². The Bertz CT molecular complexity index is 370. The molecular formula is C12H18N3O2. The van der Waals surface area contributed by atoms with Crippen molar-refractivity contribution in [3.8, 4) is 0 Å². The summed E-state index contributed by atoms with van der Waals surface area (Å²) in [5, 5.41) is 0. The van der Waals surface area contributed by atoms with Crippen LogP contribution in [0.5, 0.6) is 0 Å². The average Bonchev–Trinajstić information content (AvgIpc) is 2.76. The van der Waals surface area contributed by atoms with Crippen molar-refractivity contribution in [2.45, 2.75) is 26.3 Å². The maximum Gasteiger partial charge on any atom is 0.222 e. The molecule has 93 valence electrons. The summed E-state index contributed by atoms with van der Waals surface area (Å²) in [5.74, 6) is 1.18. The second kappa shape index (κ2) is 5.82. The number of hydrogen-bond acceptors (Lipinski definition) is 3. The number of ether oxygens (including phenoxy) is 1. The Balaban J connectivity index is 1.71. The summed E-state index contributed by atoms with van der Waals surface area (Å²) in [5.41, 5.74) is 0. The van der Waals surface area contributed by atoms with E-state index in [4.69, 9.17) is 4.74 Å². The molecule has 0 aromatic carbocycles. The van der Waals surface area contributed by atoms with Gasteiger partial charge in [-0.1, -0.05) is 0 Å². The Kier molecular flexibility index (Phi) is 4.14. The summed E-state index contributed by atoms with van der Waals surface area (Å²) in [6.45, 7) is 5.58. The molecule has 5 nitrogen and oxygen atoms in total. The van der Waals surface area contributed by atoms with Gasteiger partial charge in [0, 0.05) is 32.3 Å². The van der Waals surface area contributed by atoms with Gasteiger partial charge in [-0.3, -0.25) is 4.79 Å². The molecule has 1 amide bonds. The number of hydrogen-bond donors (Lipinski definition) is 0. The van der Waals surface area contributed by atoms with Crippen LogP contribution in [0.4, 0.5) is 0 Å². The third-order valence-corrected chi connectivity index (χ3v) is 3.01. The number of aryl methyl sites for hydroxylation is 2. The van der Waals surface area contributed by atoms with E-state index in [1.807, 2.05) is 22.6 Å². The molecule has 2 rings (SSSR count). The minimum Gasteiger partial charge on any atom is -0.378 e. The molecule has 1 saturated heterocycles. The van der Waals surface area contributed by atoms with Crippen LogP contribution >= 0.6 is 0 Å². The highest BCUT2D eigenvalue weighted by molar-refractivity contribution is 5.76. The largest absolute Gasteiger partial charge is 0.378 e. The summed E-state index contributed by atoms with van der Waals surface area (Å²) in [4.78, 5) is 17.8. The average molecular weight is 236 g/mol. The molecule has 1 radical (unpaired) electrons. The van der Waals surface area contributed by atoms with Crippen molar-refractivity contribution in [2.75, 3.05) is 26.3 Å². The topological polar surface area (TPSA) is 47.4 Å². The van der Waals surface area contributed by atoms with Crippen LogP contribution in [0.15, 0.2) is 6.20 Å². The van der Waals surface area contributed by atoms with Crippen LogP contribution < -0.4 is 0 Å². The van der Waals surface area contributed by atoms with E-state index in [0.29, 0.717) is 19.6 Å². The summed E-state index contributed by atoms with van der Waals surface area (Å²) in [6, 6.07) is 0. The zero-order valence-electron chi connectivity index (χ0n) is 10.2. The van der Waals surface area contributed by atoms with Gasteiger partial charge in [0.2, 0.25) is 5.91 Å². The summed E-state index contributed by atoms with van der Waals surface area (Å²) in [7, 11) is 0. The monoisotopic (exact) mass is 236 g/mol. The van der Waals surface area contributed by atoms with E-state index in [0.717, 1.165) is 31.9 Å². The number of nitrogens with zero attached hydrogens (tertiary/aromatic N) is 3. The molecule has 1 fully saturated rings. The van der Waals surface area contributed by atoms with Gasteiger partial charge in [0.05, 0.1) is 13.2 Å². The number of imidazole rings is 1. The second-order valence-electron chi connectivity index (χ2n) is 4.21. The van der Waals surface area contributed by atoms with E-state index in [9.17, 15) is 4.79 Å². The molecule has 5 heteroatoms. The fourth-order valence-electron chi connectivity index (χ4n) is 1.95. The number of carbonyl (C=O) groups is 1. The first-order valence-electron chi connectivity index (χ1n) is 6.03. The SMILES string of the molecule is Cc1n[c]cn1CCCC(=O)N1CCOCC1. The van der Waals surface area contributed by atoms with E-state index in [2.05, 4.69) is 11.2 Å². The predicted octanol–water partition coefficient (Wildman–Crippen LogP) is 0.631. The van der Waals surface area contributed by atoms with Crippen LogP contribution in [0.2, 0.25) is 0 Å². The number of carbonyl (C=O) groups excluding carboxylic acids is 1. The molecule has 0 aliphatic carbocycles. The molecular weight excluding hydrogens is 218 g/mol. The fraction of sp³-hybridized carbons (Fsp3) is 0.667. The predicted molar refractivity (Wildman–Crippen MR) is 62.4 cm³/mol. The maximum atomic E-state index is 11.8. The van der Waals surface area contributed by atoms with Crippen LogP contribution in [0.25, 0.3) is 0 Å². The molecule has 0 saturated carbocycles. The van der Waals surface area contributed by atoms with Crippen LogP contribution in [-0.4, -0.2) is 46.7 Å². The van der Waals surface area contributed by atoms with Crippen molar-refractivity contribution < 1.29 is 9.53 Å². The third kappa shape index (κ3) is 3.30. The van der Waals surface area contributed by atoms with E-state index >= 15 is 0 Å². The van der Waals surface area contributed by atoms with Gasteiger partial charge in [0.25, 0.3) is 0 Å². The fourth-order valence-corrected chi connectivity index (χ4v) is 1.95. The first-order valence-corrected chi connectivity index (χ1v) is 6.03. The van der Waals surface area contributed by atoms with Gasteiger partial charge < -0.3 is 14.2 Å². The molecule has 2 heterocycles. The van der Waals surface area contributed by atoms with Gasteiger partial charge in [-0.25, -0.2) is 4.98 Å². The Morgan fingerprint density at radius 2 is 2.29 bits per heavy atom. The lowest BCUT2D eigenvalue weighted by molar-refractivity contribution is -0.135. The first-order chi connectivity index (χ1) is 8.27. The van der Waals surface area contributed by atoms with Gasteiger partial charge in [0.15, 0.2) is 0 Å². The molecule has 17 heavy (non-hydrogen) atoms. The number of rotatable bonds is 4. The minimum atomic E-state index is 0.232. The Hall–Kier alpha value is -1.36. The van der Waals surface area contributed by atoms with Crippen molar-refractivity contribution in [1.29, 1.82) is 0 Å². The normalized spacial score (nSPS) is 16.2. The Morgan fingerprint density at radius 3 is 2.94 bits per heavy atom. The highest BCUT2D eigenvalue weighted by Gasteiger charge is 2.15. The standard InChI is InChI=1S/C12H18N3O2/c1-11-13-4-6-14(11)5-2-3-12(16)15-7-9-17-10-8-15/h6H,2-3,5,7-10H2,1H3. The van der Waals surface area contributed by atoms with Gasteiger partial charge in [-0.15, -0.1) is 0 Å². The van der Waals surface area contributed by atoms with Crippen molar-refractivity contribution in [1.82, 2.24) is 14.5 Å². The quantitative estimate of drug-likeness (QED) is 0.770. The summed E-state index contributed by atoms with van der Waals surface area (Å²) >= 11 is 0. The van der Waals surface area contributed by atoms with Crippen LogP contribution in [0.3, 0.4) is 0 Å². The number of amides is 1. The number of aromatic nitrogens is 2. The van der Waals surface area contributed by atoms with E-state index < -0.39 is 0 Å². The van der Waals surface area contributed by atoms with E-state index in [-0.39, 0.29) is 5.91 Å². The van der Waals surface area contributed by atoms with Crippen molar-refractivity contribution >= 4 is 5.91 Å². The van der Waals surface area contributed by atoms with Gasteiger partial charge in [0.1, 0.15) is 12.0 Å². The highest BCUT2D eigenvalue weighted by atomic mass is 16.5. The molecule has 0 unspecified atom stereocenters. The van der Waals surface area contributed by atoms with Gasteiger partial charge >= 0.3 is 0 Å². The lowest BCUT2D eigenvalue weighted by Crippen LogP contribution is -2.40. The molecule has 1 aromatic heterocycles. The van der Waals surface area contributed by atoms with Crippen LogP contribution in [0, 0.1) is 13.1 Å².